The van der Waals surface area contributed by atoms with Gasteiger partial charge in [-0.2, -0.15) is 0 Å². The summed E-state index contributed by atoms with van der Waals surface area (Å²) in [4.78, 5) is 24.4. The average molecular weight is 505 g/mol. The van der Waals surface area contributed by atoms with Crippen LogP contribution in [0.1, 0.15) is 33.3 Å². The SMILES string of the molecule is Cc1ccc(-n2c(Br)nnc2SC(C)(C)C(=O)NC(C(=O)O)C(C)C)c2ccccc12. The minimum Gasteiger partial charge on any atom is -0.480 e. The molecule has 1 aromatic heterocycles. The summed E-state index contributed by atoms with van der Waals surface area (Å²) in [7, 11) is 0. The van der Waals surface area contributed by atoms with Gasteiger partial charge in [-0.25, -0.2) is 4.79 Å². The van der Waals surface area contributed by atoms with Gasteiger partial charge in [0.2, 0.25) is 10.6 Å². The van der Waals surface area contributed by atoms with Gasteiger partial charge in [0.05, 0.1) is 10.4 Å². The van der Waals surface area contributed by atoms with Crippen molar-refractivity contribution in [2.24, 2.45) is 5.92 Å². The summed E-state index contributed by atoms with van der Waals surface area (Å²) >= 11 is 4.71. The van der Waals surface area contributed by atoms with Crippen molar-refractivity contribution in [1.82, 2.24) is 20.1 Å². The molecule has 2 N–H and O–H groups in total. The fourth-order valence-corrected chi connectivity index (χ4v) is 4.77. The number of amides is 1. The number of benzene rings is 2. The number of fused-ring (bicyclic) bond motifs is 1. The molecule has 1 atom stereocenters. The second-order valence-corrected chi connectivity index (χ2v) is 10.5. The number of rotatable bonds is 7. The molecule has 3 aromatic rings. The highest BCUT2D eigenvalue weighted by Crippen LogP contribution is 2.36. The molecule has 1 unspecified atom stereocenters. The number of halogens is 1. The minimum atomic E-state index is -1.05. The highest BCUT2D eigenvalue weighted by molar-refractivity contribution is 9.10. The van der Waals surface area contributed by atoms with Crippen molar-refractivity contribution in [3.63, 3.8) is 0 Å². The quantitative estimate of drug-likeness (QED) is 0.456. The zero-order valence-corrected chi connectivity index (χ0v) is 20.4. The molecule has 0 aliphatic heterocycles. The number of aromatic nitrogens is 3. The highest BCUT2D eigenvalue weighted by Gasteiger charge is 2.35. The van der Waals surface area contributed by atoms with E-state index in [1.807, 2.05) is 34.9 Å². The van der Waals surface area contributed by atoms with E-state index in [-0.39, 0.29) is 11.8 Å². The summed E-state index contributed by atoms with van der Waals surface area (Å²) in [6.07, 6.45) is 0. The van der Waals surface area contributed by atoms with Crippen molar-refractivity contribution in [1.29, 1.82) is 0 Å². The van der Waals surface area contributed by atoms with Gasteiger partial charge in [-0.1, -0.05) is 55.9 Å². The first-order chi connectivity index (χ1) is 14.5. The van der Waals surface area contributed by atoms with Crippen LogP contribution in [0.25, 0.3) is 16.5 Å². The standard InChI is InChI=1S/C22H25BrN4O3S/c1-12(2)17(18(28)29)24-19(30)22(4,5)31-21-26-25-20(23)27(21)16-11-10-13(3)14-8-6-7-9-15(14)16/h6-12,17H,1-5H3,(H,24,30)(H,28,29). The maximum Gasteiger partial charge on any atom is 0.326 e. The Labute approximate surface area is 193 Å². The van der Waals surface area contributed by atoms with Crippen LogP contribution < -0.4 is 5.32 Å². The molecule has 1 amide bonds. The van der Waals surface area contributed by atoms with Gasteiger partial charge in [-0.3, -0.25) is 9.36 Å². The third-order valence-electron chi connectivity index (χ3n) is 5.07. The number of aliphatic carboxylic acids is 1. The van der Waals surface area contributed by atoms with Crippen LogP contribution in [0.2, 0.25) is 0 Å². The molecule has 0 spiro atoms. The Morgan fingerprint density at radius 3 is 2.39 bits per heavy atom. The predicted octanol–water partition coefficient (Wildman–Crippen LogP) is 4.59. The Kier molecular flexibility index (Phi) is 6.76. The van der Waals surface area contributed by atoms with E-state index in [0.29, 0.717) is 9.89 Å². The molecule has 1 heterocycles. The fraction of sp³-hybridized carbons (Fsp3) is 0.364. The number of hydrogen-bond acceptors (Lipinski definition) is 5. The number of carboxylic acids is 1. The van der Waals surface area contributed by atoms with Crippen LogP contribution >= 0.6 is 27.7 Å². The molecule has 0 saturated carbocycles. The molecular weight excluding hydrogens is 480 g/mol. The lowest BCUT2D eigenvalue weighted by atomic mass is 10.0. The lowest BCUT2D eigenvalue weighted by Gasteiger charge is -2.26. The van der Waals surface area contributed by atoms with Crippen molar-refractivity contribution in [2.45, 2.75) is 50.6 Å². The van der Waals surface area contributed by atoms with E-state index in [2.05, 4.69) is 44.4 Å². The number of thioether (sulfide) groups is 1. The Hall–Kier alpha value is -2.39. The maximum absolute atomic E-state index is 12.9. The molecule has 3 rings (SSSR count). The topological polar surface area (TPSA) is 97.1 Å². The van der Waals surface area contributed by atoms with E-state index in [0.717, 1.165) is 22.0 Å². The summed E-state index contributed by atoms with van der Waals surface area (Å²) in [6.45, 7) is 9.06. The normalized spacial score (nSPS) is 12.9. The van der Waals surface area contributed by atoms with E-state index in [1.165, 1.54) is 11.8 Å². The van der Waals surface area contributed by atoms with Crippen molar-refractivity contribution in [3.8, 4) is 5.69 Å². The Balaban J connectivity index is 1.98. The first-order valence-corrected chi connectivity index (χ1v) is 11.5. The van der Waals surface area contributed by atoms with Gasteiger partial charge in [0.1, 0.15) is 6.04 Å². The monoisotopic (exact) mass is 504 g/mol. The molecule has 0 aliphatic rings. The molecule has 164 valence electrons. The molecule has 31 heavy (non-hydrogen) atoms. The summed E-state index contributed by atoms with van der Waals surface area (Å²) in [5, 5.41) is 23.2. The number of hydrogen-bond donors (Lipinski definition) is 2. The number of nitrogens with zero attached hydrogens (tertiary/aromatic N) is 3. The Morgan fingerprint density at radius 2 is 1.77 bits per heavy atom. The van der Waals surface area contributed by atoms with Gasteiger partial charge in [0.15, 0.2) is 5.16 Å². The van der Waals surface area contributed by atoms with Crippen LogP contribution in [0.15, 0.2) is 46.3 Å². The Bertz CT molecular complexity index is 1140. The lowest BCUT2D eigenvalue weighted by Crippen LogP contribution is -2.50. The van der Waals surface area contributed by atoms with E-state index in [9.17, 15) is 14.7 Å². The van der Waals surface area contributed by atoms with Crippen molar-refractivity contribution in [2.75, 3.05) is 0 Å². The highest BCUT2D eigenvalue weighted by atomic mass is 79.9. The number of aryl methyl sites for hydroxylation is 1. The fourth-order valence-electron chi connectivity index (χ4n) is 3.25. The number of carbonyl (C=O) groups excluding carboxylic acids is 1. The molecule has 0 radical (unpaired) electrons. The third-order valence-corrected chi connectivity index (χ3v) is 6.72. The lowest BCUT2D eigenvalue weighted by molar-refractivity contribution is -0.143. The molecular formula is C22H25BrN4O3S. The van der Waals surface area contributed by atoms with Crippen LogP contribution in [0.3, 0.4) is 0 Å². The number of nitrogens with one attached hydrogen (secondary N) is 1. The third kappa shape index (κ3) is 4.77. The van der Waals surface area contributed by atoms with Crippen LogP contribution in [0, 0.1) is 12.8 Å². The molecule has 0 aliphatic carbocycles. The van der Waals surface area contributed by atoms with E-state index >= 15 is 0 Å². The van der Waals surface area contributed by atoms with E-state index < -0.39 is 16.8 Å². The number of carbonyl (C=O) groups is 2. The first-order valence-electron chi connectivity index (χ1n) is 9.85. The van der Waals surface area contributed by atoms with Crippen LogP contribution in [-0.2, 0) is 9.59 Å². The average Bonchev–Trinajstić information content (AvgIpc) is 3.05. The van der Waals surface area contributed by atoms with Gasteiger partial charge in [-0.05, 0) is 59.6 Å². The van der Waals surface area contributed by atoms with Gasteiger partial charge < -0.3 is 10.4 Å². The van der Waals surface area contributed by atoms with Gasteiger partial charge in [-0.15, -0.1) is 10.2 Å². The largest absolute Gasteiger partial charge is 0.480 e. The summed E-state index contributed by atoms with van der Waals surface area (Å²) in [5.41, 5.74) is 2.05. The molecule has 0 bridgehead atoms. The van der Waals surface area contributed by atoms with Crippen LogP contribution in [0.5, 0.6) is 0 Å². The first kappa shape index (κ1) is 23.3. The van der Waals surface area contributed by atoms with Gasteiger partial charge in [0.25, 0.3) is 0 Å². The van der Waals surface area contributed by atoms with Crippen molar-refractivity contribution in [3.05, 3.63) is 46.7 Å². The minimum absolute atomic E-state index is 0.237. The van der Waals surface area contributed by atoms with E-state index in [4.69, 9.17) is 0 Å². The second kappa shape index (κ2) is 9.00. The number of carboxylic acid groups (broad SMARTS) is 1. The molecule has 0 saturated heterocycles. The van der Waals surface area contributed by atoms with E-state index in [1.54, 1.807) is 27.7 Å². The molecule has 0 fully saturated rings. The molecule has 2 aromatic carbocycles. The second-order valence-electron chi connectivity index (χ2n) is 8.18. The van der Waals surface area contributed by atoms with Gasteiger partial charge in [0, 0.05) is 5.39 Å². The smallest absolute Gasteiger partial charge is 0.326 e. The predicted molar refractivity (Wildman–Crippen MR) is 126 cm³/mol. The van der Waals surface area contributed by atoms with Crippen LogP contribution in [-0.4, -0.2) is 42.5 Å². The summed E-state index contributed by atoms with van der Waals surface area (Å²) in [6, 6.07) is 11.2. The van der Waals surface area contributed by atoms with Crippen LogP contribution in [0.4, 0.5) is 0 Å². The summed E-state index contributed by atoms with van der Waals surface area (Å²) in [5.74, 6) is -1.67. The van der Waals surface area contributed by atoms with Gasteiger partial charge >= 0.3 is 5.97 Å². The zero-order chi connectivity index (χ0) is 22.9. The zero-order valence-electron chi connectivity index (χ0n) is 18.0. The molecule has 9 heteroatoms. The van der Waals surface area contributed by atoms with Crippen molar-refractivity contribution < 1.29 is 14.7 Å². The van der Waals surface area contributed by atoms with Crippen molar-refractivity contribution >= 4 is 50.3 Å². The Morgan fingerprint density at radius 1 is 1.13 bits per heavy atom. The summed E-state index contributed by atoms with van der Waals surface area (Å²) < 4.78 is 1.40. The maximum atomic E-state index is 12.9. The molecule has 7 nitrogen and oxygen atoms in total.